The van der Waals surface area contributed by atoms with E-state index in [2.05, 4.69) is 49.5 Å². The van der Waals surface area contributed by atoms with Crippen LogP contribution in [0.25, 0.3) is 10.8 Å². The van der Waals surface area contributed by atoms with Crippen LogP contribution >= 0.6 is 23.2 Å². The van der Waals surface area contributed by atoms with Crippen molar-refractivity contribution in [3.05, 3.63) is 75.8 Å². The number of hydrogen-bond acceptors (Lipinski definition) is 4. The van der Waals surface area contributed by atoms with Gasteiger partial charge < -0.3 is 20.1 Å². The first-order valence-corrected chi connectivity index (χ1v) is 13.7. The van der Waals surface area contributed by atoms with Gasteiger partial charge in [-0.3, -0.25) is 4.79 Å². The Labute approximate surface area is 230 Å². The molecule has 0 aromatic heterocycles. The van der Waals surface area contributed by atoms with Crippen molar-refractivity contribution in [1.29, 1.82) is 0 Å². The lowest BCUT2D eigenvalue weighted by Crippen LogP contribution is -2.46. The van der Waals surface area contributed by atoms with Gasteiger partial charge in [-0.1, -0.05) is 79.5 Å². The van der Waals surface area contributed by atoms with Gasteiger partial charge in [0.25, 0.3) is 5.91 Å². The monoisotopic (exact) mass is 544 g/mol. The molecule has 0 saturated heterocycles. The summed E-state index contributed by atoms with van der Waals surface area (Å²) in [5.74, 6) is 0.204. The molecule has 1 unspecified atom stereocenters. The number of β-amino-alcohol motifs (C(OH)–C–C–N with tert-alkyl or cyclic N) is 1. The largest absolute Gasteiger partial charge is 0.489 e. The lowest BCUT2D eigenvalue weighted by molar-refractivity contribution is 0.0755. The maximum Gasteiger partial charge on any atom is 0.255 e. The number of amides is 1. The first-order valence-electron chi connectivity index (χ1n) is 13.0. The van der Waals surface area contributed by atoms with Crippen LogP contribution in [0.4, 0.5) is 0 Å². The van der Waals surface area contributed by atoms with Gasteiger partial charge in [-0.05, 0) is 61.6 Å². The molecular weight excluding hydrogens is 507 g/mol. The van der Waals surface area contributed by atoms with Gasteiger partial charge in [0.1, 0.15) is 23.5 Å². The second-order valence-electron chi connectivity index (χ2n) is 10.1. The van der Waals surface area contributed by atoms with Gasteiger partial charge in [-0.2, -0.15) is 0 Å². The highest BCUT2D eigenvalue weighted by molar-refractivity contribution is 6.44. The second-order valence-corrected chi connectivity index (χ2v) is 10.9. The molecule has 3 rings (SSSR count). The third-order valence-corrected chi connectivity index (χ3v) is 7.12. The highest BCUT2D eigenvalue weighted by Crippen LogP contribution is 2.35. The quantitative estimate of drug-likeness (QED) is 0.249. The van der Waals surface area contributed by atoms with Crippen molar-refractivity contribution in [3.63, 3.8) is 0 Å². The number of rotatable bonds is 13. The van der Waals surface area contributed by atoms with E-state index in [1.807, 2.05) is 26.0 Å². The Kier molecular flexibility index (Phi) is 10.7. The Morgan fingerprint density at radius 3 is 2.35 bits per heavy atom. The topological polar surface area (TPSA) is 61.8 Å². The van der Waals surface area contributed by atoms with Gasteiger partial charge >= 0.3 is 0 Å². The number of aliphatic hydroxyl groups is 1. The Morgan fingerprint density at radius 1 is 1.00 bits per heavy atom. The molecule has 37 heavy (non-hydrogen) atoms. The smallest absolute Gasteiger partial charge is 0.255 e. The number of aliphatic hydroxyl groups excluding tert-OH is 1. The fraction of sp³-hybridized carbons (Fsp3) is 0.433. The first kappa shape index (κ1) is 29.2. The number of hydrogen-bond donors (Lipinski definition) is 2. The lowest BCUT2D eigenvalue weighted by Gasteiger charge is -2.28. The lowest BCUT2D eigenvalue weighted by atomic mass is 9.93. The molecule has 0 aliphatic carbocycles. The van der Waals surface area contributed by atoms with E-state index in [0.29, 0.717) is 30.9 Å². The molecule has 0 bridgehead atoms. The van der Waals surface area contributed by atoms with E-state index in [4.69, 9.17) is 27.9 Å². The fourth-order valence-electron chi connectivity index (χ4n) is 4.39. The minimum atomic E-state index is -0.753. The maximum atomic E-state index is 12.9. The summed E-state index contributed by atoms with van der Waals surface area (Å²) < 4.78 is 5.77. The summed E-state index contributed by atoms with van der Waals surface area (Å²) in [6, 6.07) is 18.1. The van der Waals surface area contributed by atoms with Gasteiger partial charge in [0.15, 0.2) is 0 Å². The van der Waals surface area contributed by atoms with E-state index >= 15 is 0 Å². The summed E-state index contributed by atoms with van der Waals surface area (Å²) >= 11 is 12.9. The molecule has 7 heteroatoms. The number of fused-ring (bicyclic) bond motifs is 1. The maximum absolute atomic E-state index is 12.9. The zero-order chi connectivity index (χ0) is 27.0. The Morgan fingerprint density at radius 2 is 1.68 bits per heavy atom. The van der Waals surface area contributed by atoms with E-state index in [1.54, 1.807) is 17.0 Å². The summed E-state index contributed by atoms with van der Waals surface area (Å²) in [4.78, 5) is 14.7. The number of nitrogens with one attached hydrogen (secondary N) is 1. The fourth-order valence-corrected chi connectivity index (χ4v) is 4.85. The van der Waals surface area contributed by atoms with Gasteiger partial charge in [0, 0.05) is 25.2 Å². The molecule has 0 radical (unpaired) electrons. The van der Waals surface area contributed by atoms with E-state index in [0.717, 1.165) is 19.3 Å². The SMILES string of the molecule is CCCN(CCC)C(=O)c1ccc(OCC(O)CNC(C)(C)Cc2ccc3ccccc3c2)c(Cl)c1Cl. The minimum Gasteiger partial charge on any atom is -0.489 e. The second kappa shape index (κ2) is 13.5. The van der Waals surface area contributed by atoms with Crippen molar-refractivity contribution in [1.82, 2.24) is 10.2 Å². The number of benzene rings is 3. The minimum absolute atomic E-state index is 0.0419. The van der Waals surface area contributed by atoms with Crippen molar-refractivity contribution in [3.8, 4) is 5.75 Å². The van der Waals surface area contributed by atoms with Crippen LogP contribution in [-0.2, 0) is 6.42 Å². The van der Waals surface area contributed by atoms with Crippen molar-refractivity contribution in [2.45, 2.75) is 58.6 Å². The molecule has 0 fully saturated rings. The van der Waals surface area contributed by atoms with Crippen molar-refractivity contribution >= 4 is 39.9 Å². The molecule has 0 aliphatic heterocycles. The molecule has 1 amide bonds. The van der Waals surface area contributed by atoms with E-state index in [-0.39, 0.29) is 28.1 Å². The Hall–Kier alpha value is -2.31. The molecule has 1 atom stereocenters. The zero-order valence-electron chi connectivity index (χ0n) is 22.2. The highest BCUT2D eigenvalue weighted by atomic mass is 35.5. The van der Waals surface area contributed by atoms with Gasteiger partial charge in [0.05, 0.1) is 10.6 Å². The van der Waals surface area contributed by atoms with E-state index < -0.39 is 6.10 Å². The number of nitrogens with zero attached hydrogens (tertiary/aromatic N) is 1. The summed E-state index contributed by atoms with van der Waals surface area (Å²) in [7, 11) is 0. The van der Waals surface area contributed by atoms with Crippen LogP contribution in [0.5, 0.6) is 5.75 Å². The van der Waals surface area contributed by atoms with Crippen LogP contribution in [0.1, 0.15) is 56.5 Å². The summed E-state index contributed by atoms with van der Waals surface area (Å²) in [5.41, 5.74) is 1.36. The Balaban J connectivity index is 1.55. The third kappa shape index (κ3) is 8.08. The summed E-state index contributed by atoms with van der Waals surface area (Å²) in [6.07, 6.45) is 1.79. The number of halogens is 2. The van der Waals surface area contributed by atoms with Gasteiger partial charge in [0.2, 0.25) is 0 Å². The van der Waals surface area contributed by atoms with Crippen molar-refractivity contribution in [2.75, 3.05) is 26.2 Å². The summed E-state index contributed by atoms with van der Waals surface area (Å²) in [6.45, 7) is 10.0. The zero-order valence-corrected chi connectivity index (χ0v) is 23.7. The van der Waals surface area contributed by atoms with Crippen LogP contribution in [0.2, 0.25) is 10.0 Å². The van der Waals surface area contributed by atoms with Gasteiger partial charge in [-0.15, -0.1) is 0 Å². The Bertz CT molecular complexity index is 1190. The van der Waals surface area contributed by atoms with E-state index in [1.165, 1.54) is 16.3 Å². The number of carbonyl (C=O) groups excluding carboxylic acids is 1. The number of carbonyl (C=O) groups is 1. The predicted molar refractivity (Wildman–Crippen MR) is 154 cm³/mol. The molecule has 5 nitrogen and oxygen atoms in total. The molecule has 3 aromatic carbocycles. The third-order valence-electron chi connectivity index (χ3n) is 6.26. The van der Waals surface area contributed by atoms with Crippen molar-refractivity contribution < 1.29 is 14.6 Å². The average Bonchev–Trinajstić information content (AvgIpc) is 2.87. The van der Waals surface area contributed by atoms with E-state index in [9.17, 15) is 9.90 Å². The number of ether oxygens (including phenoxy) is 1. The van der Waals surface area contributed by atoms with Crippen LogP contribution in [-0.4, -0.2) is 53.8 Å². The molecular formula is C30H38Cl2N2O3. The van der Waals surface area contributed by atoms with Crippen molar-refractivity contribution in [2.24, 2.45) is 0 Å². The average molecular weight is 546 g/mol. The van der Waals surface area contributed by atoms with Crippen LogP contribution < -0.4 is 10.1 Å². The molecule has 0 aliphatic rings. The molecule has 200 valence electrons. The molecule has 2 N–H and O–H groups in total. The van der Waals surface area contributed by atoms with Crippen LogP contribution in [0, 0.1) is 0 Å². The van der Waals surface area contributed by atoms with Crippen LogP contribution in [0.3, 0.4) is 0 Å². The first-order chi connectivity index (χ1) is 17.6. The van der Waals surface area contributed by atoms with Gasteiger partial charge in [-0.25, -0.2) is 0 Å². The normalized spacial score (nSPS) is 12.5. The van der Waals surface area contributed by atoms with Crippen LogP contribution in [0.15, 0.2) is 54.6 Å². The standard InChI is InChI=1S/C30H38Cl2N2O3/c1-5-15-34(16-6-2)29(36)25-13-14-26(28(32)27(25)31)37-20-24(35)19-33-30(3,4)18-21-11-12-22-9-7-8-10-23(22)17-21/h7-14,17,24,33,35H,5-6,15-16,18-20H2,1-4H3. The molecule has 0 saturated carbocycles. The molecule has 0 heterocycles. The predicted octanol–water partition coefficient (Wildman–Crippen LogP) is 6.76. The summed E-state index contributed by atoms with van der Waals surface area (Å²) in [5, 5.41) is 16.8. The highest BCUT2D eigenvalue weighted by Gasteiger charge is 2.22. The molecule has 0 spiro atoms. The molecule has 3 aromatic rings.